The monoisotopic (exact) mass is 1160 g/mol. The molecule has 1 unspecified atom stereocenters. The maximum Gasteiger partial charge on any atom is 0.251 e. The standard InChI is InChI=1S/C59H76N10O15/c1-31-28-69-51(52(31)76)57(81)62-27-40(71)25-42(63-53(77)37-10-8-35(9-11-37)36-12-14-39(15-13-36)67-21-18-34-5-3-4-6-38(34)29-67)54(78)64-48(32(2)70)58(82)68-30-41(72)26-43(68)55(79)65-49(56(80)66-50(59(69)83)45(74)17-19-60)46(75)23-33-7-16-44(73)47(24-33)84-22-20-61/h3-16,24,31-32,40-43,45-46,48-52,70-76H,17-23,25-30,60-61H2,1-2H3,(H,62,81)(H,63,77)(H,64,78)(H,65,79)(H,66,80)/t31-,32+,40+,41+,42?,43-,45+,46+,48-,49-,50-,51-,52-/m0/s1. The smallest absolute Gasteiger partial charge is 0.251 e. The van der Waals surface area contributed by atoms with Crippen molar-refractivity contribution in [3.8, 4) is 22.6 Å². The van der Waals surface area contributed by atoms with Gasteiger partial charge < -0.3 is 93.2 Å². The highest BCUT2D eigenvalue weighted by molar-refractivity contribution is 6.00. The Morgan fingerprint density at radius 2 is 1.38 bits per heavy atom. The summed E-state index contributed by atoms with van der Waals surface area (Å²) in [6.07, 6.45) is -10.8. The van der Waals surface area contributed by atoms with Crippen molar-refractivity contribution < 1.29 is 74.0 Å². The van der Waals surface area contributed by atoms with Crippen LogP contribution in [0.1, 0.15) is 60.2 Å². The lowest BCUT2D eigenvalue weighted by atomic mass is 9.98. The van der Waals surface area contributed by atoms with Gasteiger partial charge >= 0.3 is 0 Å². The largest absolute Gasteiger partial charge is 0.504 e. The van der Waals surface area contributed by atoms with Gasteiger partial charge in [0.25, 0.3) is 5.91 Å². The summed E-state index contributed by atoms with van der Waals surface area (Å²) in [6, 6.07) is 16.0. The molecule has 4 aliphatic rings. The van der Waals surface area contributed by atoms with E-state index in [4.69, 9.17) is 16.2 Å². The zero-order chi connectivity index (χ0) is 60.5. The molecule has 0 radical (unpaired) electrons. The van der Waals surface area contributed by atoms with Gasteiger partial charge in [0, 0.05) is 75.7 Å². The average Bonchev–Trinajstić information content (AvgIpc) is 3.94. The zero-order valence-corrected chi connectivity index (χ0v) is 46.8. The number of β-amino-alcohol motifs (C(OH)–C–C–N with tert-alkyl or cyclic N) is 1. The summed E-state index contributed by atoms with van der Waals surface area (Å²) in [7, 11) is 0. The lowest BCUT2D eigenvalue weighted by Crippen LogP contribution is -2.64. The highest BCUT2D eigenvalue weighted by Gasteiger charge is 2.50. The number of phenolic OH excluding ortho intramolecular Hbond substituents is 1. The molecule has 4 aromatic carbocycles. The summed E-state index contributed by atoms with van der Waals surface area (Å²) in [5, 5.41) is 91.2. The summed E-state index contributed by atoms with van der Waals surface area (Å²) in [6.45, 7) is 2.79. The first kappa shape index (κ1) is 62.3. The highest BCUT2D eigenvalue weighted by Crippen LogP contribution is 2.31. The number of benzene rings is 4. The molecular formula is C59H76N10O15. The van der Waals surface area contributed by atoms with Crippen molar-refractivity contribution in [2.75, 3.05) is 50.8 Å². The number of nitrogens with two attached hydrogens (primary N) is 2. The van der Waals surface area contributed by atoms with Crippen molar-refractivity contribution in [1.82, 2.24) is 36.4 Å². The van der Waals surface area contributed by atoms with Crippen molar-refractivity contribution in [1.29, 1.82) is 0 Å². The van der Waals surface area contributed by atoms with Crippen molar-refractivity contribution in [3.63, 3.8) is 0 Å². The van der Waals surface area contributed by atoms with Crippen LogP contribution in [0.25, 0.3) is 11.1 Å². The maximum atomic E-state index is 14.7. The van der Waals surface area contributed by atoms with Crippen LogP contribution in [-0.2, 0) is 48.2 Å². The van der Waals surface area contributed by atoms with E-state index < -0.39 is 152 Å². The van der Waals surface area contributed by atoms with Crippen LogP contribution in [0.15, 0.2) is 91.0 Å². The van der Waals surface area contributed by atoms with Gasteiger partial charge in [0.05, 0.1) is 36.6 Å². The number of ether oxygens (including phenoxy) is 1. The van der Waals surface area contributed by atoms with E-state index in [1.165, 1.54) is 41.5 Å². The second-order valence-electron chi connectivity index (χ2n) is 22.1. The van der Waals surface area contributed by atoms with Crippen molar-refractivity contribution >= 4 is 47.0 Å². The van der Waals surface area contributed by atoms with Gasteiger partial charge in [-0.15, -0.1) is 0 Å². The minimum absolute atomic E-state index is 0.0000141. The molecule has 3 saturated heterocycles. The van der Waals surface area contributed by atoms with Crippen molar-refractivity contribution in [3.05, 3.63) is 113 Å². The Morgan fingerprint density at radius 1 is 0.726 bits per heavy atom. The number of carbonyl (C=O) groups is 7. The van der Waals surface area contributed by atoms with Gasteiger partial charge in [-0.3, -0.25) is 33.6 Å². The second kappa shape index (κ2) is 27.8. The van der Waals surface area contributed by atoms with Gasteiger partial charge in [-0.05, 0) is 90.5 Å². The van der Waals surface area contributed by atoms with Gasteiger partial charge in [-0.25, -0.2) is 0 Å². The molecular weight excluding hydrogens is 1090 g/mol. The summed E-state index contributed by atoms with van der Waals surface area (Å²) in [4.78, 5) is 105. The number of aliphatic hydroxyl groups excluding tert-OH is 6. The summed E-state index contributed by atoms with van der Waals surface area (Å²) < 4.78 is 5.51. The SMILES string of the molecule is C[C@@H](O)[C@@H]1NC(=O)C(NC(=O)c2ccc(-c3ccc(N4CCc5ccccc5C4)cc3)cc2)C[C@@H](O)CNC(=O)[C@@H]2[C@@H](O)[C@@H](C)CN2C(=O)[C@H]([C@H](O)CCN)NC(=O)[C@H]([C@H](O)Cc2ccc(O)c(OCCN)c2)NC(=O)[C@@H]2C[C@@H](O)CN2C1=O. The molecule has 0 bridgehead atoms. The first-order valence-electron chi connectivity index (χ1n) is 28.2. The highest BCUT2D eigenvalue weighted by atomic mass is 16.5. The van der Waals surface area contributed by atoms with Crippen LogP contribution in [0, 0.1) is 5.92 Å². The number of amides is 7. The third-order valence-electron chi connectivity index (χ3n) is 15.9. The predicted molar refractivity (Wildman–Crippen MR) is 304 cm³/mol. The van der Waals surface area contributed by atoms with Gasteiger partial charge in [0.2, 0.25) is 35.4 Å². The van der Waals surface area contributed by atoms with E-state index in [9.17, 15) is 69.3 Å². The molecule has 13 atom stereocenters. The van der Waals surface area contributed by atoms with E-state index in [1.54, 1.807) is 19.1 Å². The molecule has 8 rings (SSSR count). The van der Waals surface area contributed by atoms with Crippen LogP contribution in [0.2, 0.25) is 0 Å². The minimum Gasteiger partial charge on any atom is -0.504 e. The second-order valence-corrected chi connectivity index (χ2v) is 22.1. The molecule has 0 aliphatic carbocycles. The Hall–Kier alpha value is -7.75. The van der Waals surface area contributed by atoms with E-state index in [0.717, 1.165) is 53.0 Å². The lowest BCUT2D eigenvalue weighted by Gasteiger charge is -2.34. The summed E-state index contributed by atoms with van der Waals surface area (Å²) in [5.74, 6) is -8.51. The predicted octanol–water partition coefficient (Wildman–Crippen LogP) is -2.74. The molecule has 4 aromatic rings. The fraction of sp³-hybridized carbons (Fsp3) is 0.475. The number of anilines is 1. The van der Waals surface area contributed by atoms with Crippen molar-refractivity contribution in [2.24, 2.45) is 17.4 Å². The number of nitrogens with zero attached hydrogens (tertiary/aromatic N) is 3. The Balaban J connectivity index is 1.08. The Labute approximate surface area is 485 Å². The molecule has 84 heavy (non-hydrogen) atoms. The fourth-order valence-corrected chi connectivity index (χ4v) is 11.2. The number of fused-ring (bicyclic) bond motifs is 3. The molecule has 0 spiro atoms. The number of hydrogen-bond donors (Lipinski definition) is 14. The normalized spacial score (nSPS) is 26.7. The van der Waals surface area contributed by atoms with E-state index in [2.05, 4.69) is 43.6 Å². The molecule has 3 fully saturated rings. The number of carbonyl (C=O) groups excluding carboxylic acids is 7. The average molecular weight is 1170 g/mol. The van der Waals surface area contributed by atoms with E-state index in [0.29, 0.717) is 0 Å². The number of aliphatic hydroxyl groups is 6. The number of aromatic hydroxyl groups is 1. The molecule has 25 heteroatoms. The quantitative estimate of drug-likeness (QED) is 0.0609. The topological polar surface area (TPSA) is 392 Å². The lowest BCUT2D eigenvalue weighted by molar-refractivity contribution is -0.147. The first-order valence-corrected chi connectivity index (χ1v) is 28.2. The van der Waals surface area contributed by atoms with Crippen LogP contribution >= 0.6 is 0 Å². The van der Waals surface area contributed by atoms with Crippen LogP contribution in [0.5, 0.6) is 11.5 Å². The summed E-state index contributed by atoms with van der Waals surface area (Å²) >= 11 is 0. The van der Waals surface area contributed by atoms with Gasteiger partial charge in [0.15, 0.2) is 11.5 Å². The third-order valence-corrected chi connectivity index (χ3v) is 15.9. The molecule has 452 valence electrons. The molecule has 16 N–H and O–H groups in total. The fourth-order valence-electron chi connectivity index (χ4n) is 11.2. The Morgan fingerprint density at radius 3 is 2.06 bits per heavy atom. The van der Waals surface area contributed by atoms with Gasteiger partial charge in [-0.2, -0.15) is 0 Å². The number of phenols is 1. The van der Waals surface area contributed by atoms with Crippen LogP contribution in [0.4, 0.5) is 5.69 Å². The van der Waals surface area contributed by atoms with E-state index in [-0.39, 0.29) is 55.3 Å². The number of rotatable bonds is 14. The third kappa shape index (κ3) is 14.6. The summed E-state index contributed by atoms with van der Waals surface area (Å²) in [5.41, 5.74) is 17.0. The molecule has 0 saturated carbocycles. The molecule has 0 aromatic heterocycles. The maximum absolute atomic E-state index is 14.7. The van der Waals surface area contributed by atoms with Crippen LogP contribution < -0.4 is 47.7 Å². The zero-order valence-electron chi connectivity index (χ0n) is 46.8. The Kier molecular flexibility index (Phi) is 20.6. The molecule has 25 nitrogen and oxygen atoms in total. The molecule has 4 aliphatic heterocycles. The van der Waals surface area contributed by atoms with E-state index in [1.807, 2.05) is 36.4 Å². The minimum atomic E-state index is -2.03. The van der Waals surface area contributed by atoms with Crippen molar-refractivity contribution in [2.45, 2.75) is 125 Å². The molecule has 7 amide bonds. The van der Waals surface area contributed by atoms with Crippen LogP contribution in [-0.4, -0.2) is 206 Å². The number of hydrogen-bond acceptors (Lipinski definition) is 18. The Bertz CT molecular complexity index is 3010. The number of nitrogens with one attached hydrogen (secondary N) is 5. The molecule has 4 heterocycles. The first-order chi connectivity index (χ1) is 40.1. The van der Waals surface area contributed by atoms with Crippen LogP contribution in [0.3, 0.4) is 0 Å². The van der Waals surface area contributed by atoms with E-state index >= 15 is 0 Å². The van der Waals surface area contributed by atoms with Gasteiger partial charge in [-0.1, -0.05) is 61.5 Å². The van der Waals surface area contributed by atoms with Gasteiger partial charge in [0.1, 0.15) is 42.9 Å².